The molecule has 1 aromatic heterocycles. The van der Waals surface area contributed by atoms with Crippen LogP contribution < -0.4 is 5.32 Å². The summed E-state index contributed by atoms with van der Waals surface area (Å²) >= 11 is 4.74. The largest absolute Gasteiger partial charge is 0.383 e. The Morgan fingerprint density at radius 2 is 2.38 bits per heavy atom. The fourth-order valence-electron chi connectivity index (χ4n) is 0.901. The van der Waals surface area contributed by atoms with Gasteiger partial charge in [0.15, 0.2) is 3.92 Å². The molecule has 0 bridgehead atoms. The summed E-state index contributed by atoms with van der Waals surface area (Å²) in [6, 6.07) is 0.310. The number of aromatic nitrogens is 2. The number of nitrogens with one attached hydrogen (secondary N) is 1. The molecule has 1 heterocycles. The topological polar surface area (TPSA) is 47.0 Å². The Balaban J connectivity index is 2.46. The molecule has 0 aliphatic heterocycles. The average Bonchev–Trinajstić information content (AvgIpc) is 2.50. The number of nitrogens with zero attached hydrogens (tertiary/aromatic N) is 2. The fraction of sp³-hybridized carbons (Fsp3) is 0.714. The van der Waals surface area contributed by atoms with Crippen LogP contribution in [0.3, 0.4) is 0 Å². The zero-order chi connectivity index (χ0) is 9.68. The van der Waals surface area contributed by atoms with Crippen LogP contribution in [0.5, 0.6) is 0 Å². The first kappa shape index (κ1) is 10.9. The Hall–Kier alpha value is -0.200. The normalized spacial score (nSPS) is 12.8. The summed E-state index contributed by atoms with van der Waals surface area (Å²) in [6.07, 6.45) is 1.00. The maximum absolute atomic E-state index is 5.06. The van der Waals surface area contributed by atoms with Crippen LogP contribution in [0, 0.1) is 0 Å². The van der Waals surface area contributed by atoms with Gasteiger partial charge in [-0.15, -0.1) is 10.2 Å². The summed E-state index contributed by atoms with van der Waals surface area (Å²) in [6.45, 7) is 2.79. The van der Waals surface area contributed by atoms with Gasteiger partial charge in [-0.2, -0.15) is 0 Å². The van der Waals surface area contributed by atoms with Crippen molar-refractivity contribution in [3.05, 3.63) is 3.92 Å². The van der Waals surface area contributed by atoms with Crippen LogP contribution >= 0.6 is 27.3 Å². The van der Waals surface area contributed by atoms with Gasteiger partial charge in [0.1, 0.15) is 0 Å². The quantitative estimate of drug-likeness (QED) is 0.887. The van der Waals surface area contributed by atoms with Crippen molar-refractivity contribution in [3.8, 4) is 0 Å². The number of hydrogen-bond acceptors (Lipinski definition) is 5. The molecule has 1 N–H and O–H groups in total. The molecule has 0 aromatic carbocycles. The minimum atomic E-state index is 0.310. The van der Waals surface area contributed by atoms with E-state index in [0.29, 0.717) is 12.6 Å². The Morgan fingerprint density at radius 1 is 1.62 bits per heavy atom. The summed E-state index contributed by atoms with van der Waals surface area (Å²) in [5.41, 5.74) is 0. The highest BCUT2D eigenvalue weighted by Crippen LogP contribution is 2.21. The number of rotatable bonds is 5. The van der Waals surface area contributed by atoms with E-state index in [1.807, 2.05) is 0 Å². The Kier molecular flexibility index (Phi) is 4.61. The molecule has 6 heteroatoms. The van der Waals surface area contributed by atoms with Crippen molar-refractivity contribution in [3.63, 3.8) is 0 Å². The molecule has 0 aliphatic rings. The minimum Gasteiger partial charge on any atom is -0.383 e. The summed E-state index contributed by atoms with van der Waals surface area (Å²) in [5.74, 6) is 0. The molecule has 1 unspecified atom stereocenters. The van der Waals surface area contributed by atoms with Crippen LogP contribution in [0.1, 0.15) is 13.3 Å². The highest BCUT2D eigenvalue weighted by molar-refractivity contribution is 9.11. The third-order valence-corrected chi connectivity index (χ3v) is 2.88. The molecule has 0 saturated heterocycles. The van der Waals surface area contributed by atoms with Crippen molar-refractivity contribution < 1.29 is 4.74 Å². The molecule has 1 atom stereocenters. The van der Waals surface area contributed by atoms with E-state index in [9.17, 15) is 0 Å². The fourth-order valence-corrected chi connectivity index (χ4v) is 1.99. The van der Waals surface area contributed by atoms with E-state index in [2.05, 4.69) is 38.4 Å². The van der Waals surface area contributed by atoms with Gasteiger partial charge in [-0.25, -0.2) is 0 Å². The van der Waals surface area contributed by atoms with Crippen molar-refractivity contribution in [1.82, 2.24) is 10.2 Å². The lowest BCUT2D eigenvalue weighted by atomic mass is 10.2. The van der Waals surface area contributed by atoms with Gasteiger partial charge >= 0.3 is 0 Å². The van der Waals surface area contributed by atoms with Gasteiger partial charge in [0.05, 0.1) is 12.6 Å². The van der Waals surface area contributed by atoms with Crippen LogP contribution in [-0.4, -0.2) is 30.0 Å². The average molecular weight is 266 g/mol. The predicted molar refractivity (Wildman–Crippen MR) is 57.2 cm³/mol. The van der Waals surface area contributed by atoms with Gasteiger partial charge in [0.2, 0.25) is 5.13 Å². The molecule has 13 heavy (non-hydrogen) atoms. The summed E-state index contributed by atoms with van der Waals surface area (Å²) in [7, 11) is 1.69. The molecule has 0 fully saturated rings. The van der Waals surface area contributed by atoms with E-state index in [0.717, 1.165) is 15.5 Å². The first-order valence-corrected chi connectivity index (χ1v) is 5.61. The Morgan fingerprint density at radius 3 is 2.85 bits per heavy atom. The van der Waals surface area contributed by atoms with Gasteiger partial charge < -0.3 is 10.1 Å². The second-order valence-corrected chi connectivity index (χ2v) is 4.82. The lowest BCUT2D eigenvalue weighted by molar-refractivity contribution is 0.184. The molecule has 4 nitrogen and oxygen atoms in total. The van der Waals surface area contributed by atoms with E-state index < -0.39 is 0 Å². The molecule has 1 aromatic rings. The SMILES string of the molecule is CCC(COC)Nc1nnc(Br)s1. The van der Waals surface area contributed by atoms with E-state index in [-0.39, 0.29) is 0 Å². The number of anilines is 1. The third kappa shape index (κ3) is 3.58. The molecule has 0 saturated carbocycles. The second-order valence-electron chi connectivity index (χ2n) is 2.57. The van der Waals surface area contributed by atoms with Gasteiger partial charge in [-0.3, -0.25) is 0 Å². The number of methoxy groups -OCH3 is 1. The van der Waals surface area contributed by atoms with E-state index >= 15 is 0 Å². The van der Waals surface area contributed by atoms with Gasteiger partial charge in [-0.1, -0.05) is 18.3 Å². The first-order valence-electron chi connectivity index (χ1n) is 4.00. The van der Waals surface area contributed by atoms with E-state index in [1.165, 1.54) is 11.3 Å². The van der Waals surface area contributed by atoms with Gasteiger partial charge in [-0.05, 0) is 22.4 Å². The van der Waals surface area contributed by atoms with Crippen molar-refractivity contribution >= 4 is 32.4 Å². The maximum atomic E-state index is 5.06. The van der Waals surface area contributed by atoms with Crippen molar-refractivity contribution in [1.29, 1.82) is 0 Å². The molecule has 74 valence electrons. The molecular formula is C7H12BrN3OS. The highest BCUT2D eigenvalue weighted by atomic mass is 79.9. The molecule has 1 rings (SSSR count). The highest BCUT2D eigenvalue weighted by Gasteiger charge is 2.08. The molecular weight excluding hydrogens is 254 g/mol. The maximum Gasteiger partial charge on any atom is 0.206 e. The van der Waals surface area contributed by atoms with Crippen LogP contribution in [-0.2, 0) is 4.74 Å². The standard InChI is InChI=1S/C7H12BrN3OS/c1-3-5(4-12-2)9-7-11-10-6(8)13-7/h5H,3-4H2,1-2H3,(H,9,11). The van der Waals surface area contributed by atoms with Crippen molar-refractivity contribution in [2.75, 3.05) is 19.0 Å². The summed E-state index contributed by atoms with van der Waals surface area (Å²) < 4.78 is 5.85. The van der Waals surface area contributed by atoms with Crippen LogP contribution in [0.4, 0.5) is 5.13 Å². The van der Waals surface area contributed by atoms with Crippen molar-refractivity contribution in [2.24, 2.45) is 0 Å². The molecule has 0 radical (unpaired) electrons. The van der Waals surface area contributed by atoms with E-state index in [1.54, 1.807) is 7.11 Å². The van der Waals surface area contributed by atoms with Crippen LogP contribution in [0.2, 0.25) is 0 Å². The van der Waals surface area contributed by atoms with Gasteiger partial charge in [0.25, 0.3) is 0 Å². The lowest BCUT2D eigenvalue weighted by Crippen LogP contribution is -2.23. The summed E-state index contributed by atoms with van der Waals surface area (Å²) in [4.78, 5) is 0. The van der Waals surface area contributed by atoms with Crippen molar-refractivity contribution in [2.45, 2.75) is 19.4 Å². The Labute approximate surface area is 89.8 Å². The number of hydrogen-bond donors (Lipinski definition) is 1. The molecule has 0 amide bonds. The van der Waals surface area contributed by atoms with Crippen LogP contribution in [0.15, 0.2) is 3.92 Å². The Bertz CT molecular complexity index is 256. The zero-order valence-corrected chi connectivity index (χ0v) is 9.98. The predicted octanol–water partition coefficient (Wildman–Crippen LogP) is 2.14. The minimum absolute atomic E-state index is 0.310. The first-order chi connectivity index (χ1) is 6.26. The smallest absolute Gasteiger partial charge is 0.206 e. The third-order valence-electron chi connectivity index (χ3n) is 1.59. The molecule has 0 aliphatic carbocycles. The molecule has 0 spiro atoms. The monoisotopic (exact) mass is 265 g/mol. The van der Waals surface area contributed by atoms with Crippen LogP contribution in [0.25, 0.3) is 0 Å². The number of halogens is 1. The second kappa shape index (κ2) is 5.51. The van der Waals surface area contributed by atoms with E-state index in [4.69, 9.17) is 4.74 Å². The zero-order valence-electron chi connectivity index (χ0n) is 7.58. The summed E-state index contributed by atoms with van der Waals surface area (Å²) in [5, 5.41) is 11.9. The lowest BCUT2D eigenvalue weighted by Gasteiger charge is -2.13. The number of ether oxygens (including phenoxy) is 1. The van der Waals surface area contributed by atoms with Gasteiger partial charge in [0, 0.05) is 7.11 Å².